The maximum atomic E-state index is 12.4. The first-order valence-electron chi connectivity index (χ1n) is 17.8. The first kappa shape index (κ1) is 46.1. The summed E-state index contributed by atoms with van der Waals surface area (Å²) in [6.45, 7) is 1.50. The van der Waals surface area contributed by atoms with Crippen LogP contribution in [0.25, 0.3) is 0 Å². The number of nitrogens with zero attached hydrogens (tertiary/aromatic N) is 1. The van der Waals surface area contributed by atoms with Gasteiger partial charge in [0.2, 0.25) is 0 Å². The second-order valence-corrected chi connectivity index (χ2v) is 18.6. The number of fused-ring (bicyclic) bond motifs is 3. The van der Waals surface area contributed by atoms with Gasteiger partial charge >= 0.3 is 21.4 Å². The zero-order chi connectivity index (χ0) is 42.9. The molecule has 0 atom stereocenters. The van der Waals surface area contributed by atoms with Gasteiger partial charge in [0.15, 0.2) is 9.84 Å². The van der Waals surface area contributed by atoms with E-state index in [0.717, 1.165) is 35.0 Å². The number of nitro groups is 1. The Morgan fingerprint density at radius 1 is 0.627 bits per heavy atom. The van der Waals surface area contributed by atoms with Crippen LogP contribution in [0.4, 0.5) is 11.4 Å². The fourth-order valence-corrected chi connectivity index (χ4v) is 8.43. The van der Waals surface area contributed by atoms with Gasteiger partial charge in [-0.2, -0.15) is 0 Å². The predicted octanol–water partition coefficient (Wildman–Crippen LogP) is 3.23. The van der Waals surface area contributed by atoms with Crippen LogP contribution >= 0.6 is 33.9 Å². The number of anilines is 1. The second kappa shape index (κ2) is 20.5. The van der Waals surface area contributed by atoms with Crippen molar-refractivity contribution < 1.29 is 50.8 Å². The number of nitrogens with two attached hydrogens (primary N) is 1. The summed E-state index contributed by atoms with van der Waals surface area (Å²) in [5.74, 6) is -0.130. The molecule has 0 saturated heterocycles. The zero-order valence-corrected chi connectivity index (χ0v) is 34.9. The van der Waals surface area contributed by atoms with Gasteiger partial charge in [0, 0.05) is 58.4 Å². The van der Waals surface area contributed by atoms with Crippen molar-refractivity contribution in [2.45, 2.75) is 34.8 Å². The predicted molar refractivity (Wildman–Crippen MR) is 229 cm³/mol. The summed E-state index contributed by atoms with van der Waals surface area (Å²) in [5, 5.41) is 40.1. The molecule has 0 bridgehead atoms. The van der Waals surface area contributed by atoms with E-state index >= 15 is 0 Å². The quantitative estimate of drug-likeness (QED) is 0.0655. The van der Waals surface area contributed by atoms with Crippen LogP contribution in [0.15, 0.2) is 113 Å². The number of nitro benzene ring substituents is 1. The molecule has 3 heterocycles. The van der Waals surface area contributed by atoms with Gasteiger partial charge in [-0.25, -0.2) is 16.8 Å². The van der Waals surface area contributed by atoms with Gasteiger partial charge in [0.25, 0.3) is 14.7 Å². The number of halogens is 3. The molecule has 0 aromatic heterocycles. The van der Waals surface area contributed by atoms with Crippen LogP contribution in [-0.4, -0.2) is 78.0 Å². The van der Waals surface area contributed by atoms with Crippen LogP contribution in [0.1, 0.15) is 22.3 Å². The summed E-state index contributed by atoms with van der Waals surface area (Å²) < 4.78 is 61.4. The Kier molecular flexibility index (Phi) is 16.0. The molecule has 308 valence electrons. The number of rotatable bonds is 5. The van der Waals surface area contributed by atoms with Gasteiger partial charge in [-0.3, -0.25) is 10.1 Å². The molecule has 22 heteroatoms. The van der Waals surface area contributed by atoms with Crippen molar-refractivity contribution in [2.24, 2.45) is 0 Å². The average molecular weight is 904 g/mol. The summed E-state index contributed by atoms with van der Waals surface area (Å²) in [4.78, 5) is 10.3. The van der Waals surface area contributed by atoms with Gasteiger partial charge in [-0.05, 0) is 119 Å². The highest BCUT2D eigenvalue weighted by atomic mass is 35.7. The summed E-state index contributed by atoms with van der Waals surface area (Å²) in [6, 6.07) is 27.1. The zero-order valence-electron chi connectivity index (χ0n) is 31.0. The Balaban J connectivity index is 0.000000156. The normalized spacial score (nSPS) is 14.4. The number of non-ortho nitro benzene ring substituents is 1. The van der Waals surface area contributed by atoms with Crippen LogP contribution in [0.5, 0.6) is 0 Å². The summed E-state index contributed by atoms with van der Waals surface area (Å²) in [6.07, 6.45) is 2.26. The van der Waals surface area contributed by atoms with Gasteiger partial charge in [0.05, 0.1) is 20.5 Å². The Morgan fingerprint density at radius 2 is 1.05 bits per heavy atom. The van der Waals surface area contributed by atoms with Crippen LogP contribution < -0.4 is 22.1 Å². The van der Waals surface area contributed by atoms with Gasteiger partial charge in [0.1, 0.15) is 0 Å². The molecule has 59 heavy (non-hydrogen) atoms. The van der Waals surface area contributed by atoms with E-state index in [1.165, 1.54) is 48.5 Å². The number of hydrogen-bond donors (Lipinski definition) is 4. The molecule has 0 unspecified atom stereocenters. The summed E-state index contributed by atoms with van der Waals surface area (Å²) in [7, 11) is -4.83. The molecule has 0 saturated carbocycles. The fraction of sp³-hybridized carbons (Fsp3) is 0.189. The summed E-state index contributed by atoms with van der Waals surface area (Å²) in [5.41, 5.74) is 11.8. The van der Waals surface area contributed by atoms with E-state index in [-0.39, 0.29) is 21.2 Å². The Bertz CT molecular complexity index is 2490. The minimum absolute atomic E-state index is 0.0201. The lowest BCUT2D eigenvalue weighted by Crippen LogP contribution is -2.41. The molecule has 8 rings (SSSR count). The molecule has 0 fully saturated rings. The fourth-order valence-electron chi connectivity index (χ4n) is 6.07. The molecule has 0 aliphatic carbocycles. The third-order valence-corrected chi connectivity index (χ3v) is 12.7. The SMILES string of the molecule is Nc1ccc2c(c1)B(O)OCC2.O=S(=O)(Cc1ccc2c(c1)B(O)OCC2)c1ccc(Cl)cc1.O=S(=O)(Cl)c1ccc(Cl)cc1.O=[N+]([O-])c1ccc2c(c1)B(O)OCC2. The molecule has 3 aliphatic heterocycles. The lowest BCUT2D eigenvalue weighted by Gasteiger charge is -2.19. The lowest BCUT2D eigenvalue weighted by molar-refractivity contribution is -0.384. The van der Waals surface area contributed by atoms with Crippen molar-refractivity contribution in [1.29, 1.82) is 0 Å². The van der Waals surface area contributed by atoms with Crippen LogP contribution in [-0.2, 0) is 57.9 Å². The highest BCUT2D eigenvalue weighted by Gasteiger charge is 2.28. The topological polar surface area (TPSA) is 226 Å². The maximum Gasteiger partial charge on any atom is 0.491 e. The minimum Gasteiger partial charge on any atom is -0.423 e. The largest absolute Gasteiger partial charge is 0.491 e. The van der Waals surface area contributed by atoms with Crippen molar-refractivity contribution in [2.75, 3.05) is 25.6 Å². The van der Waals surface area contributed by atoms with Crippen LogP contribution in [0.2, 0.25) is 10.0 Å². The van der Waals surface area contributed by atoms with E-state index in [9.17, 15) is 42.0 Å². The molecule has 3 aliphatic rings. The molecule has 0 radical (unpaired) electrons. The smallest absolute Gasteiger partial charge is 0.423 e. The van der Waals surface area contributed by atoms with Gasteiger partial charge < -0.3 is 34.8 Å². The third-order valence-electron chi connectivity index (χ3n) is 9.08. The standard InChI is InChI=1S/C15H14BClO4S.C8H8BNO4.C8H10BNO2.C6H4Cl2O2S/c17-13-3-5-14(6-4-13)22(19,20)10-11-1-2-12-7-8-21-16(18)15(12)9-11;11-9-8-5-7(10(12)13)2-1-6(8)3-4-14-9;10-7-2-1-6-3-4-12-9(11)8(6)5-7;7-5-1-3-6(4-2-5)11(8,9)10/h1-6,9,18H,7-8,10H2;1-2,5,11H,3-4H2;1-2,5,11H,3-4,10H2;1-4H. The first-order chi connectivity index (χ1) is 27.9. The summed E-state index contributed by atoms with van der Waals surface area (Å²) >= 11 is 11.3. The number of sulfone groups is 1. The van der Waals surface area contributed by atoms with E-state index in [4.69, 9.17) is 53.6 Å². The number of hydrogen-bond acceptors (Lipinski definition) is 13. The maximum absolute atomic E-state index is 12.4. The number of benzene rings is 5. The van der Waals surface area contributed by atoms with Crippen molar-refractivity contribution in [3.05, 3.63) is 146 Å². The molecule has 5 aromatic rings. The first-order valence-corrected chi connectivity index (χ1v) is 22.5. The van der Waals surface area contributed by atoms with Gasteiger partial charge in [-0.1, -0.05) is 53.5 Å². The van der Waals surface area contributed by atoms with E-state index in [2.05, 4.69) is 0 Å². The average Bonchev–Trinajstić information content (AvgIpc) is 3.19. The Hall–Kier alpha value is -3.98. The highest BCUT2D eigenvalue weighted by molar-refractivity contribution is 8.13. The lowest BCUT2D eigenvalue weighted by atomic mass is 9.73. The van der Waals surface area contributed by atoms with Crippen LogP contribution in [0, 0.1) is 10.1 Å². The number of nitrogen functional groups attached to an aromatic ring is 1. The minimum atomic E-state index is -3.61. The molecule has 5 N–H and O–H groups in total. The Labute approximate surface area is 356 Å². The van der Waals surface area contributed by atoms with Crippen molar-refractivity contribution >= 4 is 102 Å². The van der Waals surface area contributed by atoms with Crippen molar-refractivity contribution in [3.8, 4) is 0 Å². The second-order valence-electron chi connectivity index (χ2n) is 13.2. The molecule has 0 spiro atoms. The van der Waals surface area contributed by atoms with E-state index in [1.807, 2.05) is 18.2 Å². The third kappa shape index (κ3) is 13.0. The molecular weight excluding hydrogens is 867 g/mol. The Morgan fingerprint density at radius 3 is 1.53 bits per heavy atom. The molecule has 0 amide bonds. The van der Waals surface area contributed by atoms with Crippen LogP contribution in [0.3, 0.4) is 0 Å². The molecule has 5 aromatic carbocycles. The molecule has 14 nitrogen and oxygen atoms in total. The van der Waals surface area contributed by atoms with Crippen molar-refractivity contribution in [1.82, 2.24) is 0 Å². The van der Waals surface area contributed by atoms with Gasteiger partial charge in [-0.15, -0.1) is 0 Å². The van der Waals surface area contributed by atoms with E-state index < -0.39 is 45.2 Å². The highest BCUT2D eigenvalue weighted by Crippen LogP contribution is 2.21. The van der Waals surface area contributed by atoms with E-state index in [0.29, 0.717) is 58.5 Å². The van der Waals surface area contributed by atoms with Crippen molar-refractivity contribution in [3.63, 3.8) is 0 Å². The monoisotopic (exact) mass is 902 g/mol. The van der Waals surface area contributed by atoms with E-state index in [1.54, 1.807) is 36.4 Å². The molecular formula is C37H36B3Cl3N2O12S2.